The zero-order valence-corrected chi connectivity index (χ0v) is 12.5. The third-order valence-corrected chi connectivity index (χ3v) is 3.27. The molecule has 0 aromatic rings. The van der Waals surface area contributed by atoms with E-state index in [1.165, 1.54) is 11.1 Å². The van der Waals surface area contributed by atoms with Crippen molar-refractivity contribution in [3.63, 3.8) is 0 Å². The van der Waals surface area contributed by atoms with Crippen molar-refractivity contribution in [2.45, 2.75) is 51.9 Å². The van der Waals surface area contributed by atoms with E-state index in [2.05, 4.69) is 30.5 Å². The van der Waals surface area contributed by atoms with Gasteiger partial charge in [-0.25, -0.2) is 0 Å². The van der Waals surface area contributed by atoms with Crippen molar-refractivity contribution in [1.29, 1.82) is 0 Å². The molecule has 4 heteroatoms. The summed E-state index contributed by atoms with van der Waals surface area (Å²) in [6, 6.07) is 0. The fourth-order valence-corrected chi connectivity index (χ4v) is 2.16. The Bertz CT molecular complexity index is 389. The van der Waals surface area contributed by atoms with E-state index in [-0.39, 0.29) is 5.54 Å². The fraction of sp³-hybridized carbons (Fsp3) is 0.600. The summed E-state index contributed by atoms with van der Waals surface area (Å²) in [6.07, 6.45) is 8.81. The maximum atomic E-state index is 6.29. The number of hydrogen-bond acceptors (Lipinski definition) is 4. The Hall–Kier alpha value is -1.10. The van der Waals surface area contributed by atoms with Crippen molar-refractivity contribution in [2.75, 3.05) is 7.11 Å². The van der Waals surface area contributed by atoms with Crippen LogP contribution in [-0.2, 0) is 4.74 Å². The Balaban J connectivity index is 3.09. The molecule has 1 aliphatic rings. The van der Waals surface area contributed by atoms with Gasteiger partial charge in [0.15, 0.2) is 6.35 Å². The SMILES string of the molecule is COC(N)N/C1=C(\C(C)(C)N)CC/C=C(/C)CC=C1. The molecule has 1 unspecified atom stereocenters. The van der Waals surface area contributed by atoms with Crippen LogP contribution in [0.15, 0.2) is 35.1 Å². The van der Waals surface area contributed by atoms with E-state index in [1.54, 1.807) is 7.11 Å². The zero-order chi connectivity index (χ0) is 14.5. The van der Waals surface area contributed by atoms with Gasteiger partial charge in [0.2, 0.25) is 0 Å². The summed E-state index contributed by atoms with van der Waals surface area (Å²) >= 11 is 0. The second kappa shape index (κ2) is 6.89. The van der Waals surface area contributed by atoms with Crippen LogP contribution in [0.2, 0.25) is 0 Å². The normalized spacial score (nSPS) is 25.9. The first-order chi connectivity index (χ1) is 8.84. The number of nitrogens with one attached hydrogen (secondary N) is 1. The smallest absolute Gasteiger partial charge is 0.181 e. The second-order valence-electron chi connectivity index (χ2n) is 5.61. The highest BCUT2D eigenvalue weighted by Crippen LogP contribution is 2.24. The Morgan fingerprint density at radius 3 is 2.68 bits per heavy atom. The first kappa shape index (κ1) is 16.0. The molecule has 19 heavy (non-hydrogen) atoms. The van der Waals surface area contributed by atoms with Crippen LogP contribution in [0.4, 0.5) is 0 Å². The van der Waals surface area contributed by atoms with Gasteiger partial charge < -0.3 is 15.8 Å². The summed E-state index contributed by atoms with van der Waals surface area (Å²) in [5, 5.41) is 3.18. The van der Waals surface area contributed by atoms with Gasteiger partial charge in [-0.15, -0.1) is 0 Å². The van der Waals surface area contributed by atoms with E-state index in [0.29, 0.717) is 0 Å². The van der Waals surface area contributed by atoms with E-state index in [4.69, 9.17) is 16.2 Å². The lowest BCUT2D eigenvalue weighted by molar-refractivity contribution is 0.0888. The first-order valence-electron chi connectivity index (χ1n) is 6.74. The van der Waals surface area contributed by atoms with E-state index >= 15 is 0 Å². The van der Waals surface area contributed by atoms with E-state index < -0.39 is 6.35 Å². The van der Waals surface area contributed by atoms with Gasteiger partial charge in [0, 0.05) is 18.3 Å². The van der Waals surface area contributed by atoms with Crippen LogP contribution in [0.1, 0.15) is 40.0 Å². The average molecular weight is 265 g/mol. The van der Waals surface area contributed by atoms with Crippen LogP contribution in [0.5, 0.6) is 0 Å². The van der Waals surface area contributed by atoms with E-state index in [9.17, 15) is 0 Å². The monoisotopic (exact) mass is 265 g/mol. The molecule has 0 saturated heterocycles. The van der Waals surface area contributed by atoms with Gasteiger partial charge in [-0.3, -0.25) is 5.73 Å². The molecule has 0 amide bonds. The lowest BCUT2D eigenvalue weighted by Crippen LogP contribution is -2.42. The molecule has 1 aliphatic carbocycles. The molecule has 0 aliphatic heterocycles. The average Bonchev–Trinajstić information content (AvgIpc) is 2.39. The number of allylic oxidation sites excluding steroid dienone is 4. The van der Waals surface area contributed by atoms with Gasteiger partial charge in [-0.05, 0) is 51.7 Å². The molecule has 0 fully saturated rings. The minimum atomic E-state index is -0.521. The number of nitrogens with two attached hydrogens (primary N) is 2. The molecule has 0 heterocycles. The molecular weight excluding hydrogens is 238 g/mol. The molecule has 0 radical (unpaired) electrons. The molecule has 0 aromatic carbocycles. The third kappa shape index (κ3) is 5.19. The molecular formula is C15H27N3O. The molecule has 0 aromatic heterocycles. The standard InChI is InChI=1S/C15H27N3O/c1-11-7-5-9-12(15(2,3)17)13(10-6-8-11)18-14(16)19-4/h6-7,10,14,18H,5,8-9,16-17H2,1-4H3/b10-6?,11-7-,13-12-. The highest BCUT2D eigenvalue weighted by atomic mass is 16.5. The van der Waals surface area contributed by atoms with Gasteiger partial charge in [0.25, 0.3) is 0 Å². The molecule has 108 valence electrons. The van der Waals surface area contributed by atoms with Crippen LogP contribution in [0.25, 0.3) is 0 Å². The first-order valence-corrected chi connectivity index (χ1v) is 6.74. The molecule has 0 bridgehead atoms. The predicted octanol–water partition coefficient (Wildman–Crippen LogP) is 2.14. The molecule has 5 N–H and O–H groups in total. The summed E-state index contributed by atoms with van der Waals surface area (Å²) in [5.41, 5.74) is 15.2. The van der Waals surface area contributed by atoms with Gasteiger partial charge in [-0.1, -0.05) is 17.7 Å². The highest BCUT2D eigenvalue weighted by Gasteiger charge is 2.21. The third-order valence-electron chi connectivity index (χ3n) is 3.27. The van der Waals surface area contributed by atoms with Crippen LogP contribution in [0, 0.1) is 0 Å². The number of rotatable bonds is 4. The predicted molar refractivity (Wildman–Crippen MR) is 80.2 cm³/mol. The fourth-order valence-electron chi connectivity index (χ4n) is 2.16. The summed E-state index contributed by atoms with van der Waals surface area (Å²) in [6.45, 7) is 6.19. The van der Waals surface area contributed by atoms with Crippen molar-refractivity contribution in [3.8, 4) is 0 Å². The molecule has 1 rings (SSSR count). The number of methoxy groups -OCH3 is 1. The minimum absolute atomic E-state index is 0.383. The quantitative estimate of drug-likeness (QED) is 0.538. The lowest BCUT2D eigenvalue weighted by Gasteiger charge is -2.27. The summed E-state index contributed by atoms with van der Waals surface area (Å²) in [7, 11) is 1.58. The highest BCUT2D eigenvalue weighted by molar-refractivity contribution is 5.32. The van der Waals surface area contributed by atoms with Crippen LogP contribution in [-0.4, -0.2) is 19.0 Å². The largest absolute Gasteiger partial charge is 0.349 e. The van der Waals surface area contributed by atoms with Gasteiger partial charge in [0.05, 0.1) is 0 Å². The van der Waals surface area contributed by atoms with E-state index in [0.717, 1.165) is 25.0 Å². The van der Waals surface area contributed by atoms with Crippen LogP contribution in [0.3, 0.4) is 0 Å². The minimum Gasteiger partial charge on any atom is -0.349 e. The van der Waals surface area contributed by atoms with Crippen molar-refractivity contribution >= 4 is 0 Å². The van der Waals surface area contributed by atoms with Crippen LogP contribution < -0.4 is 16.8 Å². The number of ether oxygens (including phenoxy) is 1. The van der Waals surface area contributed by atoms with Crippen molar-refractivity contribution in [2.24, 2.45) is 11.5 Å². The second-order valence-corrected chi connectivity index (χ2v) is 5.61. The lowest BCUT2D eigenvalue weighted by atomic mass is 9.89. The summed E-state index contributed by atoms with van der Waals surface area (Å²) in [5.74, 6) is 0. The van der Waals surface area contributed by atoms with Gasteiger partial charge in [0.1, 0.15) is 0 Å². The van der Waals surface area contributed by atoms with Crippen molar-refractivity contribution < 1.29 is 4.74 Å². The maximum Gasteiger partial charge on any atom is 0.181 e. The van der Waals surface area contributed by atoms with Crippen molar-refractivity contribution in [1.82, 2.24) is 5.32 Å². The van der Waals surface area contributed by atoms with Gasteiger partial charge >= 0.3 is 0 Å². The Kier molecular flexibility index (Phi) is 5.79. The van der Waals surface area contributed by atoms with E-state index in [1.807, 2.05) is 13.8 Å². The van der Waals surface area contributed by atoms with Crippen LogP contribution >= 0.6 is 0 Å². The molecule has 0 spiro atoms. The summed E-state index contributed by atoms with van der Waals surface area (Å²) < 4.78 is 5.08. The van der Waals surface area contributed by atoms with Crippen molar-refractivity contribution in [3.05, 3.63) is 35.1 Å². The Morgan fingerprint density at radius 2 is 2.11 bits per heavy atom. The maximum absolute atomic E-state index is 6.29. The molecule has 4 nitrogen and oxygen atoms in total. The zero-order valence-electron chi connectivity index (χ0n) is 12.5. The molecule has 0 saturated carbocycles. The number of hydrogen-bond donors (Lipinski definition) is 3. The topological polar surface area (TPSA) is 73.3 Å². The van der Waals surface area contributed by atoms with Gasteiger partial charge in [-0.2, -0.15) is 0 Å². The Labute approximate surface area is 116 Å². The molecule has 1 atom stereocenters. The Morgan fingerprint density at radius 1 is 1.42 bits per heavy atom. The summed E-state index contributed by atoms with van der Waals surface area (Å²) in [4.78, 5) is 0.